The molecule has 0 saturated heterocycles. The average Bonchev–Trinajstić information content (AvgIpc) is 2.76. The van der Waals surface area contributed by atoms with Gasteiger partial charge in [-0.05, 0) is 17.7 Å². The lowest BCUT2D eigenvalue weighted by molar-refractivity contribution is 0.203. The Bertz CT molecular complexity index is 523. The molecule has 1 aromatic carbocycles. The van der Waals surface area contributed by atoms with Crippen molar-refractivity contribution in [1.29, 1.82) is 0 Å². The topological polar surface area (TPSA) is 64.1 Å². The van der Waals surface area contributed by atoms with E-state index in [-0.39, 0.29) is 0 Å². The molecule has 0 fully saturated rings. The number of methoxy groups -OCH3 is 1. The molecular formula is C15H22ClN3O3. The molecule has 1 aliphatic rings. The summed E-state index contributed by atoms with van der Waals surface area (Å²) in [7, 11) is 3.39. The highest BCUT2D eigenvalue weighted by Crippen LogP contribution is 2.37. The number of nitrogens with one attached hydrogen (secondary N) is 2. The van der Waals surface area contributed by atoms with Gasteiger partial charge in [-0.2, -0.15) is 0 Å². The molecule has 2 N–H and O–H groups in total. The molecule has 1 heterocycles. The van der Waals surface area contributed by atoms with Crippen LogP contribution in [0.4, 0.5) is 0 Å². The van der Waals surface area contributed by atoms with Gasteiger partial charge >= 0.3 is 0 Å². The number of halogens is 1. The van der Waals surface area contributed by atoms with Crippen LogP contribution in [-0.4, -0.2) is 46.5 Å². The number of guanidine groups is 1. The van der Waals surface area contributed by atoms with E-state index < -0.39 is 0 Å². The van der Waals surface area contributed by atoms with Crippen LogP contribution in [0, 0.1) is 0 Å². The molecule has 0 aliphatic carbocycles. The number of ether oxygens (including phenoxy) is 3. The molecule has 0 radical (unpaired) electrons. The molecule has 1 aromatic rings. The minimum atomic E-state index is 0.568. The van der Waals surface area contributed by atoms with Gasteiger partial charge in [0.15, 0.2) is 17.5 Å². The van der Waals surface area contributed by atoms with Crippen molar-refractivity contribution < 1.29 is 14.2 Å². The summed E-state index contributed by atoms with van der Waals surface area (Å²) in [6.45, 7) is 3.17. The Hall–Kier alpha value is -1.66. The van der Waals surface area contributed by atoms with Crippen LogP contribution in [0.25, 0.3) is 0 Å². The summed E-state index contributed by atoms with van der Waals surface area (Å²) in [5, 5.41) is 6.94. The van der Waals surface area contributed by atoms with Crippen molar-refractivity contribution in [2.75, 3.05) is 40.5 Å². The lowest BCUT2D eigenvalue weighted by atomic mass is 10.2. The maximum absolute atomic E-state index is 6.28. The molecule has 0 amide bonds. The van der Waals surface area contributed by atoms with Gasteiger partial charge < -0.3 is 24.8 Å². The molecule has 22 heavy (non-hydrogen) atoms. The van der Waals surface area contributed by atoms with Crippen LogP contribution in [0.2, 0.25) is 5.02 Å². The summed E-state index contributed by atoms with van der Waals surface area (Å²) < 4.78 is 16.3. The number of hydrogen-bond donors (Lipinski definition) is 2. The van der Waals surface area contributed by atoms with Gasteiger partial charge in [-0.1, -0.05) is 11.6 Å². The second-order valence-electron chi connectivity index (χ2n) is 4.80. The standard InChI is InChI=1S/C15H22ClN3O3/c1-17-15(18-4-7-20-2)19-10-11-8-12(16)14-13(9-11)21-5-3-6-22-14/h8-9H,3-7,10H2,1-2H3,(H2,17,18,19). The molecule has 2 rings (SSSR count). The number of fused-ring (bicyclic) bond motifs is 1. The highest BCUT2D eigenvalue weighted by molar-refractivity contribution is 6.32. The van der Waals surface area contributed by atoms with Crippen molar-refractivity contribution >= 4 is 17.6 Å². The third kappa shape index (κ3) is 4.68. The summed E-state index contributed by atoms with van der Waals surface area (Å²) in [6.07, 6.45) is 0.856. The van der Waals surface area contributed by atoms with Crippen LogP contribution in [0.15, 0.2) is 17.1 Å². The van der Waals surface area contributed by atoms with Crippen LogP contribution in [0.3, 0.4) is 0 Å². The minimum Gasteiger partial charge on any atom is -0.489 e. The Kier molecular flexibility index (Phi) is 6.61. The van der Waals surface area contributed by atoms with Gasteiger partial charge in [-0.3, -0.25) is 4.99 Å². The third-order valence-corrected chi connectivity index (χ3v) is 3.42. The van der Waals surface area contributed by atoms with E-state index in [9.17, 15) is 0 Å². The first-order chi connectivity index (χ1) is 10.7. The maximum atomic E-state index is 6.28. The molecule has 0 atom stereocenters. The second kappa shape index (κ2) is 8.70. The number of rotatable bonds is 5. The molecule has 0 spiro atoms. The van der Waals surface area contributed by atoms with Crippen LogP contribution in [-0.2, 0) is 11.3 Å². The van der Waals surface area contributed by atoms with Gasteiger partial charge in [0.05, 0.1) is 24.8 Å². The predicted molar refractivity (Wildman–Crippen MR) is 87.1 cm³/mol. The first-order valence-electron chi connectivity index (χ1n) is 7.26. The summed E-state index contributed by atoms with van der Waals surface area (Å²) in [4.78, 5) is 4.15. The van der Waals surface area contributed by atoms with Crippen molar-refractivity contribution in [2.45, 2.75) is 13.0 Å². The van der Waals surface area contributed by atoms with Gasteiger partial charge in [0, 0.05) is 33.7 Å². The van der Waals surface area contributed by atoms with E-state index in [4.69, 9.17) is 25.8 Å². The highest BCUT2D eigenvalue weighted by atomic mass is 35.5. The van der Waals surface area contributed by atoms with E-state index in [2.05, 4.69) is 15.6 Å². The highest BCUT2D eigenvalue weighted by Gasteiger charge is 2.15. The van der Waals surface area contributed by atoms with Crippen LogP contribution in [0.1, 0.15) is 12.0 Å². The Morgan fingerprint density at radius 3 is 2.91 bits per heavy atom. The molecule has 6 nitrogen and oxygen atoms in total. The quantitative estimate of drug-likeness (QED) is 0.490. The van der Waals surface area contributed by atoms with Crippen molar-refractivity contribution in [2.24, 2.45) is 4.99 Å². The number of benzene rings is 1. The van der Waals surface area contributed by atoms with Crippen molar-refractivity contribution in [1.82, 2.24) is 10.6 Å². The summed E-state index contributed by atoms with van der Waals surface area (Å²) in [5.74, 6) is 2.04. The molecule has 0 unspecified atom stereocenters. The zero-order chi connectivity index (χ0) is 15.8. The Morgan fingerprint density at radius 1 is 1.32 bits per heavy atom. The fourth-order valence-electron chi connectivity index (χ4n) is 2.06. The summed E-state index contributed by atoms with van der Waals surface area (Å²) in [6, 6.07) is 3.83. The average molecular weight is 328 g/mol. The number of aliphatic imine (C=N–C) groups is 1. The van der Waals surface area contributed by atoms with Crippen molar-refractivity contribution in [3.8, 4) is 11.5 Å². The summed E-state index contributed by atoms with van der Waals surface area (Å²) in [5.41, 5.74) is 1.00. The third-order valence-electron chi connectivity index (χ3n) is 3.14. The van der Waals surface area contributed by atoms with Gasteiger partial charge in [0.25, 0.3) is 0 Å². The van der Waals surface area contributed by atoms with Crippen molar-refractivity contribution in [3.05, 3.63) is 22.7 Å². The zero-order valence-electron chi connectivity index (χ0n) is 12.9. The monoisotopic (exact) mass is 327 g/mol. The number of hydrogen-bond acceptors (Lipinski definition) is 4. The van der Waals surface area contributed by atoms with Gasteiger partial charge in [-0.15, -0.1) is 0 Å². The lowest BCUT2D eigenvalue weighted by Gasteiger charge is -2.14. The normalized spacial score (nSPS) is 14.4. The van der Waals surface area contributed by atoms with E-state index in [0.717, 1.165) is 12.0 Å². The minimum absolute atomic E-state index is 0.568. The predicted octanol–water partition coefficient (Wildman–Crippen LogP) is 1.81. The molecule has 0 aromatic heterocycles. The van der Waals surface area contributed by atoms with E-state index in [1.54, 1.807) is 14.2 Å². The van der Waals surface area contributed by atoms with Gasteiger partial charge in [0.1, 0.15) is 0 Å². The van der Waals surface area contributed by atoms with Gasteiger partial charge in [-0.25, -0.2) is 0 Å². The fraction of sp³-hybridized carbons (Fsp3) is 0.533. The lowest BCUT2D eigenvalue weighted by Crippen LogP contribution is -2.38. The van der Waals surface area contributed by atoms with Gasteiger partial charge in [0.2, 0.25) is 0 Å². The molecule has 1 aliphatic heterocycles. The largest absolute Gasteiger partial charge is 0.489 e. The maximum Gasteiger partial charge on any atom is 0.191 e. The Balaban J connectivity index is 1.98. The first-order valence-corrected chi connectivity index (χ1v) is 7.64. The molecule has 7 heteroatoms. The van der Waals surface area contributed by atoms with Crippen molar-refractivity contribution in [3.63, 3.8) is 0 Å². The first kappa shape index (κ1) is 16.7. The van der Waals surface area contributed by atoms with E-state index in [0.29, 0.717) is 55.4 Å². The SMILES string of the molecule is CN=C(NCCOC)NCc1cc(Cl)c2c(c1)OCCCO2. The second-order valence-corrected chi connectivity index (χ2v) is 5.21. The van der Waals surface area contributed by atoms with Crippen LogP contribution >= 0.6 is 11.6 Å². The van der Waals surface area contributed by atoms with E-state index in [1.165, 1.54) is 0 Å². The fourth-order valence-corrected chi connectivity index (χ4v) is 2.35. The molecular weight excluding hydrogens is 306 g/mol. The van der Waals surface area contributed by atoms with E-state index >= 15 is 0 Å². The smallest absolute Gasteiger partial charge is 0.191 e. The van der Waals surface area contributed by atoms with Crippen LogP contribution in [0.5, 0.6) is 11.5 Å². The summed E-state index contributed by atoms with van der Waals surface area (Å²) >= 11 is 6.28. The zero-order valence-corrected chi connectivity index (χ0v) is 13.7. The molecule has 0 bridgehead atoms. The number of nitrogens with zero attached hydrogens (tertiary/aromatic N) is 1. The Labute approximate surface area is 135 Å². The van der Waals surface area contributed by atoms with Crippen LogP contribution < -0.4 is 20.1 Å². The molecule has 122 valence electrons. The molecule has 0 saturated carbocycles. The van der Waals surface area contributed by atoms with E-state index in [1.807, 2.05) is 12.1 Å². The Morgan fingerprint density at radius 2 is 2.14 bits per heavy atom.